The third kappa shape index (κ3) is 4.61. The highest BCUT2D eigenvalue weighted by Crippen LogP contribution is 2.21. The standard InChI is InChI=1S/C22H25N3O2/c1-14(2)17-8-10-18(11-9-17)22-24-21(27-25-22)13-12-20(26)23-19-7-5-6-15(3)16(19)4/h5-11,14H,12-13H2,1-4H3,(H,23,26). The predicted molar refractivity (Wildman–Crippen MR) is 107 cm³/mol. The quantitative estimate of drug-likeness (QED) is 0.665. The molecule has 1 aromatic heterocycles. The molecule has 1 amide bonds. The van der Waals surface area contributed by atoms with Gasteiger partial charge in [0.05, 0.1) is 0 Å². The average Bonchev–Trinajstić information content (AvgIpc) is 3.13. The van der Waals surface area contributed by atoms with Crippen LogP contribution >= 0.6 is 0 Å². The van der Waals surface area contributed by atoms with E-state index in [0.29, 0.717) is 30.5 Å². The van der Waals surface area contributed by atoms with Crippen LogP contribution in [-0.2, 0) is 11.2 Å². The molecule has 0 aliphatic rings. The lowest BCUT2D eigenvalue weighted by Gasteiger charge is -2.09. The molecular weight excluding hydrogens is 338 g/mol. The second-order valence-electron chi connectivity index (χ2n) is 7.08. The van der Waals surface area contributed by atoms with E-state index in [-0.39, 0.29) is 5.91 Å². The second kappa shape index (κ2) is 8.16. The zero-order chi connectivity index (χ0) is 19.4. The number of nitrogens with one attached hydrogen (secondary N) is 1. The van der Waals surface area contributed by atoms with Gasteiger partial charge in [-0.1, -0.05) is 55.4 Å². The number of nitrogens with zero attached hydrogens (tertiary/aromatic N) is 2. The summed E-state index contributed by atoms with van der Waals surface area (Å²) >= 11 is 0. The van der Waals surface area contributed by atoms with Crippen molar-refractivity contribution in [3.8, 4) is 11.4 Å². The molecule has 3 aromatic rings. The van der Waals surface area contributed by atoms with Gasteiger partial charge in [0.15, 0.2) is 0 Å². The summed E-state index contributed by atoms with van der Waals surface area (Å²) in [6, 6.07) is 14.0. The maximum Gasteiger partial charge on any atom is 0.227 e. The molecule has 0 spiro atoms. The summed E-state index contributed by atoms with van der Waals surface area (Å²) in [5.74, 6) is 1.43. The van der Waals surface area contributed by atoms with Gasteiger partial charge in [-0.05, 0) is 42.5 Å². The second-order valence-corrected chi connectivity index (χ2v) is 7.08. The Hall–Kier alpha value is -2.95. The van der Waals surface area contributed by atoms with E-state index in [4.69, 9.17) is 4.52 Å². The van der Waals surface area contributed by atoms with Gasteiger partial charge >= 0.3 is 0 Å². The molecule has 0 saturated carbocycles. The van der Waals surface area contributed by atoms with E-state index in [1.807, 2.05) is 44.2 Å². The number of carbonyl (C=O) groups is 1. The Morgan fingerprint density at radius 3 is 2.56 bits per heavy atom. The lowest BCUT2D eigenvalue weighted by Crippen LogP contribution is -2.13. The van der Waals surface area contributed by atoms with Crippen LogP contribution in [0, 0.1) is 13.8 Å². The Labute approximate surface area is 159 Å². The van der Waals surface area contributed by atoms with Crippen LogP contribution in [0.4, 0.5) is 5.69 Å². The smallest absolute Gasteiger partial charge is 0.227 e. The van der Waals surface area contributed by atoms with Gasteiger partial charge < -0.3 is 9.84 Å². The van der Waals surface area contributed by atoms with Crippen molar-refractivity contribution in [3.63, 3.8) is 0 Å². The van der Waals surface area contributed by atoms with Crippen LogP contribution in [-0.4, -0.2) is 16.0 Å². The minimum atomic E-state index is -0.0651. The third-order valence-electron chi connectivity index (χ3n) is 4.75. The fourth-order valence-electron chi connectivity index (χ4n) is 2.81. The molecule has 0 radical (unpaired) electrons. The lowest BCUT2D eigenvalue weighted by atomic mass is 10.0. The van der Waals surface area contributed by atoms with E-state index >= 15 is 0 Å². The SMILES string of the molecule is Cc1cccc(NC(=O)CCc2nc(-c3ccc(C(C)C)cc3)no2)c1C. The number of benzene rings is 2. The molecule has 27 heavy (non-hydrogen) atoms. The Bertz CT molecular complexity index is 927. The van der Waals surface area contributed by atoms with Gasteiger partial charge in [-0.25, -0.2) is 0 Å². The maximum atomic E-state index is 12.2. The lowest BCUT2D eigenvalue weighted by molar-refractivity contribution is -0.116. The molecule has 0 saturated heterocycles. The molecule has 0 atom stereocenters. The van der Waals surface area contributed by atoms with Gasteiger partial charge in [0.2, 0.25) is 17.6 Å². The number of amides is 1. The number of aryl methyl sites for hydroxylation is 2. The summed E-state index contributed by atoms with van der Waals surface area (Å²) in [4.78, 5) is 16.6. The van der Waals surface area contributed by atoms with Crippen LogP contribution in [0.25, 0.3) is 11.4 Å². The number of hydrogen-bond acceptors (Lipinski definition) is 4. The summed E-state index contributed by atoms with van der Waals surface area (Å²) in [6.07, 6.45) is 0.703. The van der Waals surface area contributed by atoms with Crippen molar-refractivity contribution < 1.29 is 9.32 Å². The zero-order valence-corrected chi connectivity index (χ0v) is 16.2. The van der Waals surface area contributed by atoms with Crippen molar-refractivity contribution in [2.45, 2.75) is 46.5 Å². The van der Waals surface area contributed by atoms with Crippen molar-refractivity contribution in [2.24, 2.45) is 0 Å². The van der Waals surface area contributed by atoms with Gasteiger partial charge in [0.25, 0.3) is 0 Å². The average molecular weight is 363 g/mol. The summed E-state index contributed by atoms with van der Waals surface area (Å²) in [5.41, 5.74) is 5.25. The summed E-state index contributed by atoms with van der Waals surface area (Å²) in [7, 11) is 0. The van der Waals surface area contributed by atoms with Gasteiger partial charge in [0, 0.05) is 24.1 Å². The van der Waals surface area contributed by atoms with E-state index in [2.05, 4.69) is 41.4 Å². The first-order chi connectivity index (χ1) is 12.9. The molecule has 0 fully saturated rings. The van der Waals surface area contributed by atoms with E-state index in [1.54, 1.807) is 0 Å². The molecule has 1 heterocycles. The number of anilines is 1. The molecule has 1 N–H and O–H groups in total. The first-order valence-corrected chi connectivity index (χ1v) is 9.23. The third-order valence-corrected chi connectivity index (χ3v) is 4.75. The summed E-state index contributed by atoms with van der Waals surface area (Å²) in [5, 5.41) is 6.98. The number of aromatic nitrogens is 2. The molecular formula is C22H25N3O2. The van der Waals surface area contributed by atoms with Crippen molar-refractivity contribution in [1.82, 2.24) is 10.1 Å². The van der Waals surface area contributed by atoms with Crippen molar-refractivity contribution >= 4 is 11.6 Å². The highest BCUT2D eigenvalue weighted by Gasteiger charge is 2.12. The first kappa shape index (κ1) is 18.8. The topological polar surface area (TPSA) is 68.0 Å². The number of rotatable bonds is 6. The van der Waals surface area contributed by atoms with Crippen molar-refractivity contribution in [2.75, 3.05) is 5.32 Å². The fourth-order valence-corrected chi connectivity index (χ4v) is 2.81. The molecule has 5 nitrogen and oxygen atoms in total. The Kier molecular flexibility index (Phi) is 5.69. The molecule has 140 valence electrons. The molecule has 3 rings (SSSR count). The predicted octanol–water partition coefficient (Wildman–Crippen LogP) is 5.05. The van der Waals surface area contributed by atoms with Crippen LogP contribution in [0.5, 0.6) is 0 Å². The molecule has 0 unspecified atom stereocenters. The van der Waals surface area contributed by atoms with E-state index in [9.17, 15) is 4.79 Å². The normalized spacial score (nSPS) is 11.0. The van der Waals surface area contributed by atoms with Crippen LogP contribution in [0.15, 0.2) is 47.0 Å². The van der Waals surface area contributed by atoms with E-state index in [1.165, 1.54) is 5.56 Å². The largest absolute Gasteiger partial charge is 0.339 e. The Balaban J connectivity index is 1.59. The Morgan fingerprint density at radius 2 is 1.85 bits per heavy atom. The van der Waals surface area contributed by atoms with Crippen LogP contribution in [0.1, 0.15) is 48.8 Å². The fraction of sp³-hybridized carbons (Fsp3) is 0.318. The molecule has 5 heteroatoms. The van der Waals surface area contributed by atoms with Crippen LogP contribution in [0.2, 0.25) is 0 Å². The van der Waals surface area contributed by atoms with Gasteiger partial charge in [-0.2, -0.15) is 4.98 Å². The van der Waals surface area contributed by atoms with Gasteiger partial charge in [-0.15, -0.1) is 0 Å². The van der Waals surface area contributed by atoms with E-state index in [0.717, 1.165) is 22.4 Å². The highest BCUT2D eigenvalue weighted by atomic mass is 16.5. The molecule has 0 aliphatic carbocycles. The maximum absolute atomic E-state index is 12.2. The summed E-state index contributed by atoms with van der Waals surface area (Å²) < 4.78 is 5.30. The molecule has 0 bridgehead atoms. The number of hydrogen-bond donors (Lipinski definition) is 1. The minimum Gasteiger partial charge on any atom is -0.339 e. The zero-order valence-electron chi connectivity index (χ0n) is 16.2. The molecule has 0 aliphatic heterocycles. The van der Waals surface area contributed by atoms with E-state index < -0.39 is 0 Å². The van der Waals surface area contributed by atoms with Crippen molar-refractivity contribution in [1.29, 1.82) is 0 Å². The summed E-state index contributed by atoms with van der Waals surface area (Å²) in [6.45, 7) is 8.34. The monoisotopic (exact) mass is 363 g/mol. The first-order valence-electron chi connectivity index (χ1n) is 9.23. The minimum absolute atomic E-state index is 0.0651. The Morgan fingerprint density at radius 1 is 1.11 bits per heavy atom. The highest BCUT2D eigenvalue weighted by molar-refractivity contribution is 5.91. The molecule has 2 aromatic carbocycles. The van der Waals surface area contributed by atoms with Crippen LogP contribution < -0.4 is 5.32 Å². The van der Waals surface area contributed by atoms with Gasteiger partial charge in [0.1, 0.15) is 0 Å². The van der Waals surface area contributed by atoms with Crippen LogP contribution in [0.3, 0.4) is 0 Å². The van der Waals surface area contributed by atoms with Gasteiger partial charge in [-0.3, -0.25) is 4.79 Å². The number of carbonyl (C=O) groups excluding carboxylic acids is 1. The van der Waals surface area contributed by atoms with Crippen molar-refractivity contribution in [3.05, 3.63) is 65.0 Å².